The summed E-state index contributed by atoms with van der Waals surface area (Å²) in [6.07, 6.45) is 5.10. The van der Waals surface area contributed by atoms with Crippen LogP contribution in [0.4, 0.5) is 0 Å². The molecule has 4 heteroatoms. The van der Waals surface area contributed by atoms with Gasteiger partial charge in [0.05, 0.1) is 6.04 Å². The van der Waals surface area contributed by atoms with E-state index in [2.05, 4.69) is 28.6 Å². The van der Waals surface area contributed by atoms with Gasteiger partial charge in [-0.05, 0) is 26.3 Å². The third-order valence-electron chi connectivity index (χ3n) is 4.13. The van der Waals surface area contributed by atoms with Gasteiger partial charge in [-0.15, -0.1) is 0 Å². The smallest absolute Gasteiger partial charge is 0.191 e. The van der Waals surface area contributed by atoms with Crippen molar-refractivity contribution in [3.63, 3.8) is 0 Å². The fourth-order valence-electron chi connectivity index (χ4n) is 2.98. The summed E-state index contributed by atoms with van der Waals surface area (Å²) < 4.78 is 0. The van der Waals surface area contributed by atoms with E-state index in [9.17, 15) is 0 Å². The van der Waals surface area contributed by atoms with Crippen molar-refractivity contribution in [1.82, 2.24) is 9.80 Å². The average Bonchev–Trinajstić information content (AvgIpc) is 2.81. The summed E-state index contributed by atoms with van der Waals surface area (Å²) in [7, 11) is 0. The molecule has 1 saturated carbocycles. The molecule has 0 aromatic heterocycles. The van der Waals surface area contributed by atoms with E-state index in [1.165, 1.54) is 25.7 Å². The van der Waals surface area contributed by atoms with Crippen LogP contribution in [0.15, 0.2) is 4.99 Å². The third kappa shape index (κ3) is 3.12. The molecule has 2 aliphatic rings. The highest BCUT2D eigenvalue weighted by atomic mass is 15.3. The second-order valence-electron chi connectivity index (χ2n) is 5.35. The number of hydrogen-bond acceptors (Lipinski definition) is 2. The van der Waals surface area contributed by atoms with Crippen LogP contribution < -0.4 is 5.73 Å². The van der Waals surface area contributed by atoms with Crippen LogP contribution in [0.1, 0.15) is 39.5 Å². The Balaban J connectivity index is 1.89. The third-order valence-corrected chi connectivity index (χ3v) is 4.13. The van der Waals surface area contributed by atoms with Gasteiger partial charge in [0.15, 0.2) is 5.96 Å². The quantitative estimate of drug-likeness (QED) is 0.582. The molecular formula is C13H26N4. The molecule has 0 aromatic rings. The zero-order chi connectivity index (χ0) is 12.3. The van der Waals surface area contributed by atoms with Crippen LogP contribution in [0, 0.1) is 0 Å². The van der Waals surface area contributed by atoms with E-state index < -0.39 is 0 Å². The van der Waals surface area contributed by atoms with Crippen molar-refractivity contribution < 1.29 is 0 Å². The SMILES string of the molecule is CCN1CCN(C(N)=NC2CCCC2)CC1C. The molecule has 0 spiro atoms. The molecule has 0 amide bonds. The molecule has 2 rings (SSSR count). The molecule has 98 valence electrons. The van der Waals surface area contributed by atoms with E-state index in [-0.39, 0.29) is 0 Å². The number of hydrogen-bond donors (Lipinski definition) is 1. The topological polar surface area (TPSA) is 44.9 Å². The molecule has 1 heterocycles. The lowest BCUT2D eigenvalue weighted by Gasteiger charge is -2.39. The molecule has 17 heavy (non-hydrogen) atoms. The van der Waals surface area contributed by atoms with Crippen LogP contribution >= 0.6 is 0 Å². The lowest BCUT2D eigenvalue weighted by molar-refractivity contribution is 0.128. The molecule has 1 unspecified atom stereocenters. The van der Waals surface area contributed by atoms with E-state index in [1.54, 1.807) is 0 Å². The first-order valence-electron chi connectivity index (χ1n) is 7.03. The molecule has 0 bridgehead atoms. The van der Waals surface area contributed by atoms with E-state index in [1.807, 2.05) is 0 Å². The van der Waals surface area contributed by atoms with Gasteiger partial charge in [-0.25, -0.2) is 4.99 Å². The molecule has 1 saturated heterocycles. The summed E-state index contributed by atoms with van der Waals surface area (Å²) in [6, 6.07) is 1.08. The fourth-order valence-corrected chi connectivity index (χ4v) is 2.98. The maximum atomic E-state index is 6.13. The Kier molecular flexibility index (Phi) is 4.26. The lowest BCUT2D eigenvalue weighted by atomic mass is 10.2. The number of nitrogens with zero attached hydrogens (tertiary/aromatic N) is 3. The van der Waals surface area contributed by atoms with E-state index in [4.69, 9.17) is 5.73 Å². The molecule has 1 atom stereocenters. The van der Waals surface area contributed by atoms with Crippen LogP contribution in [0.2, 0.25) is 0 Å². The van der Waals surface area contributed by atoms with Gasteiger partial charge < -0.3 is 10.6 Å². The van der Waals surface area contributed by atoms with Crippen molar-refractivity contribution in [2.75, 3.05) is 26.2 Å². The minimum absolute atomic E-state index is 0.495. The van der Waals surface area contributed by atoms with Gasteiger partial charge >= 0.3 is 0 Å². The highest BCUT2D eigenvalue weighted by Gasteiger charge is 2.24. The van der Waals surface area contributed by atoms with Gasteiger partial charge in [0.2, 0.25) is 0 Å². The summed E-state index contributed by atoms with van der Waals surface area (Å²) in [5.74, 6) is 0.777. The Labute approximate surface area is 105 Å². The largest absolute Gasteiger partial charge is 0.370 e. The van der Waals surface area contributed by atoms with Crippen LogP contribution in [0.5, 0.6) is 0 Å². The number of guanidine groups is 1. The van der Waals surface area contributed by atoms with Gasteiger partial charge in [-0.2, -0.15) is 0 Å². The molecule has 2 N–H and O–H groups in total. The summed E-state index contributed by atoms with van der Waals surface area (Å²) in [6.45, 7) is 8.80. The van der Waals surface area contributed by atoms with Gasteiger partial charge in [-0.3, -0.25) is 4.90 Å². The van der Waals surface area contributed by atoms with Crippen molar-refractivity contribution in [3.8, 4) is 0 Å². The fraction of sp³-hybridized carbons (Fsp3) is 0.923. The molecule has 1 aliphatic heterocycles. The first-order chi connectivity index (χ1) is 8.20. The Morgan fingerprint density at radius 1 is 1.29 bits per heavy atom. The second-order valence-corrected chi connectivity index (χ2v) is 5.35. The summed E-state index contributed by atoms with van der Waals surface area (Å²) in [5, 5.41) is 0. The van der Waals surface area contributed by atoms with Crippen molar-refractivity contribution in [2.24, 2.45) is 10.7 Å². The van der Waals surface area contributed by atoms with Gasteiger partial charge in [0.1, 0.15) is 0 Å². The zero-order valence-electron chi connectivity index (χ0n) is 11.2. The maximum absolute atomic E-state index is 6.13. The number of likely N-dealkylation sites (N-methyl/N-ethyl adjacent to an activating group) is 1. The number of aliphatic imine (C=N–C) groups is 1. The van der Waals surface area contributed by atoms with Crippen LogP contribution in [-0.2, 0) is 0 Å². The molecule has 1 aliphatic carbocycles. The van der Waals surface area contributed by atoms with Gasteiger partial charge in [0, 0.05) is 25.7 Å². The van der Waals surface area contributed by atoms with Crippen molar-refractivity contribution in [3.05, 3.63) is 0 Å². The maximum Gasteiger partial charge on any atom is 0.191 e. The van der Waals surface area contributed by atoms with Crippen LogP contribution in [0.3, 0.4) is 0 Å². The number of rotatable bonds is 2. The monoisotopic (exact) mass is 238 g/mol. The predicted octanol–water partition coefficient (Wildman–Crippen LogP) is 1.27. The minimum atomic E-state index is 0.495. The summed E-state index contributed by atoms with van der Waals surface area (Å²) in [5.41, 5.74) is 6.13. The Bertz CT molecular complexity index is 271. The predicted molar refractivity (Wildman–Crippen MR) is 72.2 cm³/mol. The molecule has 0 aromatic carbocycles. The Morgan fingerprint density at radius 2 is 2.00 bits per heavy atom. The lowest BCUT2D eigenvalue weighted by Crippen LogP contribution is -2.55. The Hall–Kier alpha value is -0.770. The van der Waals surface area contributed by atoms with Crippen LogP contribution in [-0.4, -0.2) is 54.0 Å². The normalized spacial score (nSPS) is 28.9. The highest BCUT2D eigenvalue weighted by Crippen LogP contribution is 2.21. The van der Waals surface area contributed by atoms with Crippen LogP contribution in [0.25, 0.3) is 0 Å². The highest BCUT2D eigenvalue weighted by molar-refractivity contribution is 5.78. The minimum Gasteiger partial charge on any atom is -0.370 e. The first-order valence-corrected chi connectivity index (χ1v) is 7.03. The zero-order valence-corrected chi connectivity index (χ0v) is 11.2. The molecule has 0 radical (unpaired) electrons. The summed E-state index contributed by atoms with van der Waals surface area (Å²) >= 11 is 0. The van der Waals surface area contributed by atoms with E-state index in [0.29, 0.717) is 12.1 Å². The van der Waals surface area contributed by atoms with Crippen molar-refractivity contribution >= 4 is 5.96 Å². The molecular weight excluding hydrogens is 212 g/mol. The van der Waals surface area contributed by atoms with Crippen molar-refractivity contribution in [2.45, 2.75) is 51.6 Å². The standard InChI is InChI=1S/C13H26N4/c1-3-16-8-9-17(10-11(16)2)13(14)15-12-6-4-5-7-12/h11-12H,3-10H2,1-2H3,(H2,14,15). The second kappa shape index (κ2) is 5.71. The number of piperazine rings is 1. The van der Waals surface area contributed by atoms with Gasteiger partial charge in [-0.1, -0.05) is 19.8 Å². The molecule has 4 nitrogen and oxygen atoms in total. The molecule has 2 fully saturated rings. The number of nitrogens with two attached hydrogens (primary N) is 1. The summed E-state index contributed by atoms with van der Waals surface area (Å²) in [4.78, 5) is 9.45. The first kappa shape index (κ1) is 12.7. The van der Waals surface area contributed by atoms with Gasteiger partial charge in [0.25, 0.3) is 0 Å². The van der Waals surface area contributed by atoms with Crippen molar-refractivity contribution in [1.29, 1.82) is 0 Å². The average molecular weight is 238 g/mol. The Morgan fingerprint density at radius 3 is 2.59 bits per heavy atom. The van der Waals surface area contributed by atoms with E-state index in [0.717, 1.165) is 32.1 Å². The van der Waals surface area contributed by atoms with E-state index >= 15 is 0 Å².